The number of nitrogens with zero attached hydrogens (tertiary/aromatic N) is 3. The fourth-order valence-corrected chi connectivity index (χ4v) is 3.80. The van der Waals surface area contributed by atoms with Gasteiger partial charge in [0.05, 0.1) is 11.4 Å². The quantitative estimate of drug-likeness (QED) is 0.798. The molecule has 0 unspecified atom stereocenters. The van der Waals surface area contributed by atoms with Crippen LogP contribution < -0.4 is 0 Å². The van der Waals surface area contributed by atoms with E-state index in [4.69, 9.17) is 0 Å². The van der Waals surface area contributed by atoms with E-state index in [2.05, 4.69) is 47.1 Å². The molecule has 1 aliphatic heterocycles. The van der Waals surface area contributed by atoms with Crippen molar-refractivity contribution in [2.75, 3.05) is 31.9 Å². The molecule has 2 aromatic rings. The molecule has 1 aromatic heterocycles. The Morgan fingerprint density at radius 2 is 1.84 bits per heavy atom. The van der Waals surface area contributed by atoms with Crippen LogP contribution in [-0.2, 0) is 17.1 Å². The van der Waals surface area contributed by atoms with Gasteiger partial charge in [-0.15, -0.1) is 11.8 Å². The van der Waals surface area contributed by atoms with Gasteiger partial charge in [-0.3, -0.25) is 14.7 Å². The first-order valence-electron chi connectivity index (χ1n) is 8.74. The van der Waals surface area contributed by atoms with Gasteiger partial charge in [-0.05, 0) is 24.6 Å². The molecule has 1 fully saturated rings. The highest BCUT2D eigenvalue weighted by molar-refractivity contribution is 7.99. The lowest BCUT2D eigenvalue weighted by Gasteiger charge is -2.34. The molecule has 1 saturated heterocycles. The number of thioether (sulfide) groups is 1. The minimum atomic E-state index is 0.259. The van der Waals surface area contributed by atoms with Crippen molar-refractivity contribution >= 4 is 17.7 Å². The van der Waals surface area contributed by atoms with E-state index in [9.17, 15) is 4.79 Å². The van der Waals surface area contributed by atoms with Gasteiger partial charge in [-0.25, -0.2) is 0 Å². The first-order valence-corrected chi connectivity index (χ1v) is 9.89. The van der Waals surface area contributed by atoms with Crippen molar-refractivity contribution in [3.63, 3.8) is 0 Å². The zero-order valence-corrected chi connectivity index (χ0v) is 15.5. The molecule has 0 spiro atoms. The maximum atomic E-state index is 12.4. The largest absolute Gasteiger partial charge is 0.339 e. The van der Waals surface area contributed by atoms with Crippen LogP contribution in [0.4, 0.5) is 0 Å². The van der Waals surface area contributed by atoms with Crippen LogP contribution >= 0.6 is 11.8 Å². The number of amides is 1. The molecule has 3 rings (SSSR count). The molecule has 2 heterocycles. The van der Waals surface area contributed by atoms with E-state index in [1.807, 2.05) is 23.2 Å². The highest BCUT2D eigenvalue weighted by atomic mass is 32.2. The Balaban J connectivity index is 1.37. The summed E-state index contributed by atoms with van der Waals surface area (Å²) in [6.45, 7) is 6.43. The third-order valence-electron chi connectivity index (χ3n) is 4.45. The smallest absolute Gasteiger partial charge is 0.232 e. The van der Waals surface area contributed by atoms with Crippen LogP contribution in [0.2, 0.25) is 0 Å². The normalized spacial score (nSPS) is 15.3. The Hall–Kier alpha value is -1.85. The predicted octanol–water partition coefficient (Wildman–Crippen LogP) is 2.97. The van der Waals surface area contributed by atoms with Gasteiger partial charge in [-0.1, -0.05) is 35.9 Å². The number of rotatable bonds is 6. The molecule has 0 saturated carbocycles. The molecule has 132 valence electrons. The molecule has 0 aliphatic carbocycles. The van der Waals surface area contributed by atoms with Gasteiger partial charge in [0.2, 0.25) is 5.91 Å². The number of carbonyl (C=O) groups is 1. The van der Waals surface area contributed by atoms with Crippen LogP contribution in [0.5, 0.6) is 0 Å². The summed E-state index contributed by atoms with van der Waals surface area (Å²) in [5.74, 6) is 1.72. The number of hydrogen-bond acceptors (Lipinski definition) is 4. The molecule has 4 nitrogen and oxygen atoms in total. The SMILES string of the molecule is Cc1ccc(CSCC(=O)N2CCN(Cc3ccccn3)CC2)cc1. The summed E-state index contributed by atoms with van der Waals surface area (Å²) < 4.78 is 0. The summed E-state index contributed by atoms with van der Waals surface area (Å²) in [6.07, 6.45) is 1.83. The van der Waals surface area contributed by atoms with Crippen LogP contribution in [0, 0.1) is 6.92 Å². The lowest BCUT2D eigenvalue weighted by molar-refractivity contribution is -0.130. The Morgan fingerprint density at radius 1 is 1.08 bits per heavy atom. The van der Waals surface area contributed by atoms with Crippen molar-refractivity contribution in [2.24, 2.45) is 0 Å². The fourth-order valence-electron chi connectivity index (χ4n) is 2.91. The second-order valence-electron chi connectivity index (χ2n) is 6.46. The molecule has 0 atom stereocenters. The summed E-state index contributed by atoms with van der Waals surface area (Å²) in [6, 6.07) is 14.5. The maximum absolute atomic E-state index is 12.4. The molecular formula is C20H25N3OS. The predicted molar refractivity (Wildman–Crippen MR) is 103 cm³/mol. The molecule has 1 amide bonds. The van der Waals surface area contributed by atoms with Gasteiger partial charge in [-0.2, -0.15) is 0 Å². The van der Waals surface area contributed by atoms with Crippen molar-refractivity contribution in [1.29, 1.82) is 0 Å². The van der Waals surface area contributed by atoms with E-state index < -0.39 is 0 Å². The minimum absolute atomic E-state index is 0.259. The molecule has 1 aromatic carbocycles. The topological polar surface area (TPSA) is 36.4 Å². The van der Waals surface area contributed by atoms with Gasteiger partial charge in [0.15, 0.2) is 0 Å². The summed E-state index contributed by atoms with van der Waals surface area (Å²) in [5, 5.41) is 0. The molecule has 25 heavy (non-hydrogen) atoms. The van der Waals surface area contributed by atoms with Crippen LogP contribution in [0.25, 0.3) is 0 Å². The number of aryl methyl sites for hydroxylation is 1. The first kappa shape index (κ1) is 18.0. The highest BCUT2D eigenvalue weighted by Gasteiger charge is 2.21. The highest BCUT2D eigenvalue weighted by Crippen LogP contribution is 2.15. The standard InChI is InChI=1S/C20H25N3OS/c1-17-5-7-18(8-6-17)15-25-16-20(24)23-12-10-22(11-13-23)14-19-4-2-3-9-21-19/h2-9H,10-16H2,1H3. The third-order valence-corrected chi connectivity index (χ3v) is 5.44. The molecule has 1 aliphatic rings. The van der Waals surface area contributed by atoms with E-state index in [1.165, 1.54) is 11.1 Å². The molecule has 0 bridgehead atoms. The summed E-state index contributed by atoms with van der Waals surface area (Å²) in [5.41, 5.74) is 3.65. The fraction of sp³-hybridized carbons (Fsp3) is 0.400. The third kappa shape index (κ3) is 5.58. The maximum Gasteiger partial charge on any atom is 0.232 e. The van der Waals surface area contributed by atoms with E-state index in [0.29, 0.717) is 5.75 Å². The first-order chi connectivity index (χ1) is 12.2. The molecule has 0 radical (unpaired) electrons. The van der Waals surface area contributed by atoms with Crippen molar-refractivity contribution in [1.82, 2.24) is 14.8 Å². The summed E-state index contributed by atoms with van der Waals surface area (Å²) in [4.78, 5) is 21.1. The Labute approximate surface area is 154 Å². The van der Waals surface area contributed by atoms with Crippen LogP contribution in [-0.4, -0.2) is 52.6 Å². The van der Waals surface area contributed by atoms with Crippen LogP contribution in [0.15, 0.2) is 48.7 Å². The zero-order valence-electron chi connectivity index (χ0n) is 14.7. The van der Waals surface area contributed by atoms with Gasteiger partial charge in [0.1, 0.15) is 0 Å². The van der Waals surface area contributed by atoms with E-state index >= 15 is 0 Å². The van der Waals surface area contributed by atoms with E-state index in [0.717, 1.165) is 44.2 Å². The lowest BCUT2D eigenvalue weighted by Crippen LogP contribution is -2.48. The van der Waals surface area contributed by atoms with E-state index in [1.54, 1.807) is 11.8 Å². The van der Waals surface area contributed by atoms with Gasteiger partial charge >= 0.3 is 0 Å². The lowest BCUT2D eigenvalue weighted by atomic mass is 10.2. The zero-order chi connectivity index (χ0) is 17.5. The van der Waals surface area contributed by atoms with Gasteiger partial charge < -0.3 is 4.90 Å². The monoisotopic (exact) mass is 355 g/mol. The summed E-state index contributed by atoms with van der Waals surface area (Å²) in [7, 11) is 0. The second kappa shape index (κ2) is 9.02. The number of carbonyl (C=O) groups excluding carboxylic acids is 1. The average molecular weight is 356 g/mol. The van der Waals surface area contributed by atoms with Crippen LogP contribution in [0.3, 0.4) is 0 Å². The van der Waals surface area contributed by atoms with Crippen molar-refractivity contribution in [3.05, 3.63) is 65.5 Å². The Bertz CT molecular complexity index is 667. The molecule has 0 N–H and O–H groups in total. The van der Waals surface area contributed by atoms with Crippen molar-refractivity contribution < 1.29 is 4.79 Å². The molecule has 5 heteroatoms. The minimum Gasteiger partial charge on any atom is -0.339 e. The van der Waals surface area contributed by atoms with Gasteiger partial charge in [0.25, 0.3) is 0 Å². The average Bonchev–Trinajstić information content (AvgIpc) is 2.65. The van der Waals surface area contributed by atoms with E-state index in [-0.39, 0.29) is 5.91 Å². The summed E-state index contributed by atoms with van der Waals surface area (Å²) >= 11 is 1.70. The number of pyridine rings is 1. The van der Waals surface area contributed by atoms with Crippen molar-refractivity contribution in [3.8, 4) is 0 Å². The second-order valence-corrected chi connectivity index (χ2v) is 7.44. The number of benzene rings is 1. The number of hydrogen-bond donors (Lipinski definition) is 0. The van der Waals surface area contributed by atoms with Crippen LogP contribution in [0.1, 0.15) is 16.8 Å². The molecular weight excluding hydrogens is 330 g/mol. The van der Waals surface area contributed by atoms with Crippen molar-refractivity contribution in [2.45, 2.75) is 19.2 Å². The Kier molecular flexibility index (Phi) is 6.48. The number of aromatic nitrogens is 1. The number of piperazine rings is 1. The van der Waals surface area contributed by atoms with Gasteiger partial charge in [0, 0.05) is 44.7 Å². The Morgan fingerprint density at radius 3 is 2.52 bits per heavy atom.